The number of benzene rings is 1. The summed E-state index contributed by atoms with van der Waals surface area (Å²) < 4.78 is 33.4. The maximum Gasteiger partial charge on any atom is 0.328 e. The molecule has 0 radical (unpaired) electrons. The lowest BCUT2D eigenvalue weighted by molar-refractivity contribution is 0.0695. The topological polar surface area (TPSA) is 122 Å². The summed E-state index contributed by atoms with van der Waals surface area (Å²) in [6.07, 6.45) is 1.19. The zero-order chi connectivity index (χ0) is 21.2. The van der Waals surface area contributed by atoms with Crippen LogP contribution in [0.5, 0.6) is 5.75 Å². The van der Waals surface area contributed by atoms with Crippen molar-refractivity contribution in [1.29, 1.82) is 0 Å². The average molecular weight is 422 g/mol. The molecule has 2 heterocycles. The van der Waals surface area contributed by atoms with Crippen LogP contribution in [0.3, 0.4) is 0 Å². The summed E-state index contributed by atoms with van der Waals surface area (Å²) in [4.78, 5) is 39.6. The monoisotopic (exact) mass is 422 g/mol. The van der Waals surface area contributed by atoms with E-state index in [0.29, 0.717) is 12.4 Å². The Morgan fingerprint density at radius 2 is 1.72 bits per heavy atom. The minimum Gasteiger partial charge on any atom is -0.494 e. The third-order valence-corrected chi connectivity index (χ3v) is 6.55. The Kier molecular flexibility index (Phi) is 5.89. The molecule has 0 bridgehead atoms. The lowest BCUT2D eigenvalue weighted by Crippen LogP contribution is -2.51. The molecule has 1 amide bonds. The molecule has 1 N–H and O–H groups in total. The average Bonchev–Trinajstić information content (AvgIpc) is 2.71. The Hall–Kier alpha value is -2.92. The summed E-state index contributed by atoms with van der Waals surface area (Å²) in [6.45, 7) is 2.81. The van der Waals surface area contributed by atoms with E-state index in [1.165, 1.54) is 34.6 Å². The van der Waals surface area contributed by atoms with Crippen LogP contribution in [0.15, 0.2) is 44.9 Å². The summed E-state index contributed by atoms with van der Waals surface area (Å²) in [5.41, 5.74) is -1.53. The first-order chi connectivity index (χ1) is 13.7. The van der Waals surface area contributed by atoms with E-state index < -0.39 is 27.2 Å². The van der Waals surface area contributed by atoms with Crippen molar-refractivity contribution >= 4 is 15.9 Å². The first-order valence-corrected chi connectivity index (χ1v) is 10.5. The van der Waals surface area contributed by atoms with E-state index in [-0.39, 0.29) is 36.6 Å². The predicted octanol–water partition coefficient (Wildman–Crippen LogP) is -0.381. The number of aromatic amines is 1. The molecule has 1 aliphatic rings. The summed E-state index contributed by atoms with van der Waals surface area (Å²) in [6, 6.07) is 6.17. The fraction of sp³-hybridized carbons (Fsp3) is 0.389. The number of piperazine rings is 1. The van der Waals surface area contributed by atoms with Crippen LogP contribution in [0.4, 0.5) is 0 Å². The number of H-pyrrole nitrogens is 1. The van der Waals surface area contributed by atoms with Gasteiger partial charge >= 0.3 is 5.69 Å². The maximum absolute atomic E-state index is 12.8. The summed E-state index contributed by atoms with van der Waals surface area (Å²) >= 11 is 0. The van der Waals surface area contributed by atoms with Gasteiger partial charge in [-0.15, -0.1) is 0 Å². The summed E-state index contributed by atoms with van der Waals surface area (Å²) in [5, 5.41) is 0. The molecule has 10 nitrogen and oxygen atoms in total. The number of hydrogen-bond donors (Lipinski definition) is 1. The van der Waals surface area contributed by atoms with Crippen LogP contribution in [-0.2, 0) is 17.1 Å². The Morgan fingerprint density at radius 3 is 2.31 bits per heavy atom. The number of sulfonamides is 1. The number of nitrogens with one attached hydrogen (secondary N) is 1. The third kappa shape index (κ3) is 4.25. The van der Waals surface area contributed by atoms with Crippen molar-refractivity contribution in [2.24, 2.45) is 7.05 Å². The van der Waals surface area contributed by atoms with Crippen LogP contribution in [0.25, 0.3) is 0 Å². The number of carbonyl (C=O) groups is 1. The number of amides is 1. The number of hydrogen-bond acceptors (Lipinski definition) is 6. The smallest absolute Gasteiger partial charge is 0.328 e. The van der Waals surface area contributed by atoms with Gasteiger partial charge in [0.1, 0.15) is 11.3 Å². The Balaban J connectivity index is 1.71. The highest BCUT2D eigenvalue weighted by molar-refractivity contribution is 7.89. The van der Waals surface area contributed by atoms with Crippen molar-refractivity contribution in [3.63, 3.8) is 0 Å². The van der Waals surface area contributed by atoms with Gasteiger partial charge in [-0.1, -0.05) is 0 Å². The maximum atomic E-state index is 12.8. The normalized spacial score (nSPS) is 15.3. The highest BCUT2D eigenvalue weighted by atomic mass is 32.2. The molecule has 1 fully saturated rings. The third-order valence-electron chi connectivity index (χ3n) is 4.64. The largest absolute Gasteiger partial charge is 0.494 e. The van der Waals surface area contributed by atoms with Gasteiger partial charge in [0.15, 0.2) is 0 Å². The summed E-state index contributed by atoms with van der Waals surface area (Å²) in [5.74, 6) is 0.0457. The van der Waals surface area contributed by atoms with Crippen LogP contribution in [-0.4, -0.2) is 65.9 Å². The molecule has 1 aromatic carbocycles. The van der Waals surface area contributed by atoms with Crippen LogP contribution in [0.2, 0.25) is 0 Å². The predicted molar refractivity (Wildman–Crippen MR) is 105 cm³/mol. The molecule has 2 aromatic rings. The van der Waals surface area contributed by atoms with Crippen molar-refractivity contribution in [2.75, 3.05) is 32.8 Å². The SMILES string of the molecule is CCOc1ccc(S(=O)(=O)N2CCN(C(=O)c3cn(C)c(=O)[nH]c3=O)CC2)cc1. The number of carbonyl (C=O) groups excluding carboxylic acids is 1. The standard InChI is InChI=1S/C18H22N4O6S/c1-3-28-13-4-6-14(7-5-13)29(26,27)22-10-8-21(9-11-22)17(24)15-12-20(2)18(25)19-16(15)23/h4-7,12H,3,8-11H2,1-2H3,(H,19,23,25). The zero-order valence-corrected chi connectivity index (χ0v) is 16.9. The van der Waals surface area contributed by atoms with E-state index in [1.807, 2.05) is 6.92 Å². The first kappa shape index (κ1) is 20.8. The number of aryl methyl sites for hydroxylation is 1. The fourth-order valence-electron chi connectivity index (χ4n) is 3.04. The number of aromatic nitrogens is 2. The Bertz CT molecular complexity index is 1110. The van der Waals surface area contributed by atoms with Crippen molar-refractivity contribution in [3.8, 4) is 5.75 Å². The molecule has 0 saturated carbocycles. The molecule has 3 rings (SSSR count). The second kappa shape index (κ2) is 8.21. The first-order valence-electron chi connectivity index (χ1n) is 9.06. The quantitative estimate of drug-likeness (QED) is 0.701. The molecule has 0 unspecified atom stereocenters. The van der Waals surface area contributed by atoms with Crippen LogP contribution >= 0.6 is 0 Å². The van der Waals surface area contributed by atoms with E-state index in [4.69, 9.17) is 4.74 Å². The molecule has 11 heteroatoms. The molecule has 1 aromatic heterocycles. The van der Waals surface area contributed by atoms with Gasteiger partial charge in [-0.05, 0) is 31.2 Å². The zero-order valence-electron chi connectivity index (χ0n) is 16.1. The molecule has 156 valence electrons. The van der Waals surface area contributed by atoms with Gasteiger partial charge < -0.3 is 14.2 Å². The number of rotatable bonds is 5. The lowest BCUT2D eigenvalue weighted by Gasteiger charge is -2.33. The van der Waals surface area contributed by atoms with Gasteiger partial charge in [-0.3, -0.25) is 14.6 Å². The molecule has 0 spiro atoms. The minimum atomic E-state index is -3.70. The van der Waals surface area contributed by atoms with Gasteiger partial charge in [0.05, 0.1) is 11.5 Å². The molecular weight excluding hydrogens is 400 g/mol. The van der Waals surface area contributed by atoms with E-state index >= 15 is 0 Å². The second-order valence-corrected chi connectivity index (χ2v) is 8.45. The second-order valence-electron chi connectivity index (χ2n) is 6.51. The molecule has 1 aliphatic heterocycles. The van der Waals surface area contributed by atoms with Crippen molar-refractivity contribution in [1.82, 2.24) is 18.8 Å². The molecule has 29 heavy (non-hydrogen) atoms. The minimum absolute atomic E-state index is 0.102. The van der Waals surface area contributed by atoms with E-state index in [2.05, 4.69) is 4.98 Å². The number of nitrogens with zero attached hydrogens (tertiary/aromatic N) is 3. The van der Waals surface area contributed by atoms with Gasteiger partial charge in [0.25, 0.3) is 11.5 Å². The van der Waals surface area contributed by atoms with Crippen molar-refractivity contribution in [2.45, 2.75) is 11.8 Å². The van der Waals surface area contributed by atoms with E-state index in [0.717, 1.165) is 4.57 Å². The van der Waals surface area contributed by atoms with Crippen LogP contribution in [0, 0.1) is 0 Å². The Labute approximate surface area is 167 Å². The molecule has 0 atom stereocenters. The fourth-order valence-corrected chi connectivity index (χ4v) is 4.46. The van der Waals surface area contributed by atoms with Gasteiger partial charge in [0.2, 0.25) is 10.0 Å². The van der Waals surface area contributed by atoms with E-state index in [9.17, 15) is 22.8 Å². The van der Waals surface area contributed by atoms with Gasteiger partial charge in [-0.2, -0.15) is 4.31 Å². The Morgan fingerprint density at radius 1 is 1.10 bits per heavy atom. The van der Waals surface area contributed by atoms with Crippen LogP contribution in [0.1, 0.15) is 17.3 Å². The lowest BCUT2D eigenvalue weighted by atomic mass is 10.2. The van der Waals surface area contributed by atoms with Crippen molar-refractivity contribution in [3.05, 3.63) is 56.9 Å². The van der Waals surface area contributed by atoms with Gasteiger partial charge in [0, 0.05) is 39.4 Å². The molecular formula is C18H22N4O6S. The van der Waals surface area contributed by atoms with Gasteiger partial charge in [-0.25, -0.2) is 13.2 Å². The molecule has 0 aliphatic carbocycles. The highest BCUT2D eigenvalue weighted by Crippen LogP contribution is 2.21. The van der Waals surface area contributed by atoms with Crippen molar-refractivity contribution < 1.29 is 17.9 Å². The van der Waals surface area contributed by atoms with Crippen LogP contribution < -0.4 is 16.0 Å². The molecule has 1 saturated heterocycles. The van der Waals surface area contributed by atoms with E-state index in [1.54, 1.807) is 12.1 Å². The summed E-state index contributed by atoms with van der Waals surface area (Å²) in [7, 11) is -2.27. The number of ether oxygens (including phenoxy) is 1. The highest BCUT2D eigenvalue weighted by Gasteiger charge is 2.31.